The van der Waals surface area contributed by atoms with E-state index >= 15 is 0 Å². The van der Waals surface area contributed by atoms with Gasteiger partial charge in [0.2, 0.25) is 5.91 Å². The van der Waals surface area contributed by atoms with Crippen molar-refractivity contribution in [1.82, 2.24) is 9.38 Å². The van der Waals surface area contributed by atoms with Crippen LogP contribution in [-0.4, -0.2) is 21.0 Å². The Balaban J connectivity index is 1.35. The van der Waals surface area contributed by atoms with E-state index in [4.69, 9.17) is 4.74 Å². The van der Waals surface area contributed by atoms with Crippen LogP contribution >= 0.6 is 23.1 Å². The molecule has 0 saturated heterocycles. The van der Waals surface area contributed by atoms with Crippen LogP contribution in [0, 0.1) is 6.92 Å². The molecular formula is C22H19N3O3S2. The molecule has 0 fully saturated rings. The molecule has 0 aliphatic carbocycles. The zero-order valence-corrected chi connectivity index (χ0v) is 17.8. The lowest BCUT2D eigenvalue weighted by molar-refractivity contribution is -0.113. The maximum atomic E-state index is 12.4. The molecule has 0 radical (unpaired) electrons. The highest BCUT2D eigenvalue weighted by molar-refractivity contribution is 7.99. The first-order valence-electron chi connectivity index (χ1n) is 9.25. The van der Waals surface area contributed by atoms with Crippen LogP contribution in [0.1, 0.15) is 11.3 Å². The third-order valence-corrected chi connectivity index (χ3v) is 5.97. The highest BCUT2D eigenvalue weighted by Gasteiger charge is 2.10. The summed E-state index contributed by atoms with van der Waals surface area (Å²) in [5.41, 5.74) is 2.32. The Kier molecular flexibility index (Phi) is 6.15. The van der Waals surface area contributed by atoms with E-state index in [9.17, 15) is 9.59 Å². The van der Waals surface area contributed by atoms with Crippen LogP contribution < -0.4 is 15.6 Å². The van der Waals surface area contributed by atoms with E-state index in [0.29, 0.717) is 33.6 Å². The van der Waals surface area contributed by atoms with Gasteiger partial charge in [-0.25, -0.2) is 4.98 Å². The zero-order valence-electron chi connectivity index (χ0n) is 16.2. The molecule has 2 aromatic carbocycles. The topological polar surface area (TPSA) is 72.7 Å². The molecule has 1 N–H and O–H groups in total. The van der Waals surface area contributed by atoms with Gasteiger partial charge in [-0.1, -0.05) is 29.8 Å². The molecule has 2 heterocycles. The second kappa shape index (κ2) is 9.15. The van der Waals surface area contributed by atoms with E-state index in [1.165, 1.54) is 33.6 Å². The molecule has 0 spiro atoms. The Morgan fingerprint density at radius 2 is 2.00 bits per heavy atom. The van der Waals surface area contributed by atoms with E-state index in [2.05, 4.69) is 10.3 Å². The van der Waals surface area contributed by atoms with Crippen molar-refractivity contribution < 1.29 is 9.53 Å². The van der Waals surface area contributed by atoms with Crippen LogP contribution in [0.2, 0.25) is 0 Å². The molecular weight excluding hydrogens is 418 g/mol. The van der Waals surface area contributed by atoms with Gasteiger partial charge in [0.1, 0.15) is 5.75 Å². The maximum absolute atomic E-state index is 12.4. The first-order valence-corrected chi connectivity index (χ1v) is 11.3. The van der Waals surface area contributed by atoms with Crippen molar-refractivity contribution in [3.05, 3.63) is 87.8 Å². The Morgan fingerprint density at radius 1 is 1.20 bits per heavy atom. The van der Waals surface area contributed by atoms with Gasteiger partial charge in [0.05, 0.1) is 17.1 Å². The van der Waals surface area contributed by atoms with Gasteiger partial charge in [0.25, 0.3) is 5.56 Å². The fourth-order valence-corrected chi connectivity index (χ4v) is 4.24. The molecule has 30 heavy (non-hydrogen) atoms. The van der Waals surface area contributed by atoms with Gasteiger partial charge >= 0.3 is 0 Å². The maximum Gasteiger partial charge on any atom is 0.258 e. The molecule has 8 heteroatoms. The number of carbonyl (C=O) groups excluding carboxylic acids is 1. The number of thioether (sulfide) groups is 1. The molecule has 4 aromatic rings. The molecule has 2 aromatic heterocycles. The number of anilines is 1. The van der Waals surface area contributed by atoms with Crippen LogP contribution in [0.4, 0.5) is 5.69 Å². The standard InChI is InChI=1S/C22H19N3O3S2/c1-15-6-8-17(9-7-15)28-19-5-3-2-4-18(19)24-20(26)14-29-13-16-12-21(27)25-10-11-30-22(25)23-16/h2-12H,13-14H2,1H3,(H,24,26). The summed E-state index contributed by atoms with van der Waals surface area (Å²) in [6.07, 6.45) is 1.70. The number of rotatable bonds is 7. The van der Waals surface area contributed by atoms with Gasteiger partial charge in [0.15, 0.2) is 10.7 Å². The van der Waals surface area contributed by atoms with Crippen LogP contribution in [0.5, 0.6) is 11.5 Å². The lowest BCUT2D eigenvalue weighted by Crippen LogP contribution is -2.15. The van der Waals surface area contributed by atoms with Crippen molar-refractivity contribution in [3.63, 3.8) is 0 Å². The number of hydrogen-bond acceptors (Lipinski definition) is 6. The van der Waals surface area contributed by atoms with Crippen molar-refractivity contribution in [3.8, 4) is 11.5 Å². The largest absolute Gasteiger partial charge is 0.455 e. The second-order valence-corrected chi connectivity index (χ2v) is 8.45. The zero-order chi connectivity index (χ0) is 20.9. The van der Waals surface area contributed by atoms with Crippen LogP contribution in [0.3, 0.4) is 0 Å². The van der Waals surface area contributed by atoms with Gasteiger partial charge in [-0.3, -0.25) is 14.0 Å². The third kappa shape index (κ3) is 4.90. The number of nitrogens with one attached hydrogen (secondary N) is 1. The molecule has 152 valence electrons. The molecule has 4 rings (SSSR count). The number of benzene rings is 2. The van der Waals surface area contributed by atoms with Gasteiger partial charge < -0.3 is 10.1 Å². The fourth-order valence-electron chi connectivity index (χ4n) is 2.79. The lowest BCUT2D eigenvalue weighted by Gasteiger charge is -2.12. The number of carbonyl (C=O) groups is 1. The molecule has 0 atom stereocenters. The average molecular weight is 438 g/mol. The van der Waals surface area contributed by atoms with E-state index in [1.54, 1.807) is 12.3 Å². The molecule has 0 aliphatic rings. The average Bonchev–Trinajstić information content (AvgIpc) is 3.20. The molecule has 6 nitrogen and oxygen atoms in total. The summed E-state index contributed by atoms with van der Waals surface area (Å²) >= 11 is 2.82. The molecule has 0 aliphatic heterocycles. The Labute approximate surface area is 181 Å². The highest BCUT2D eigenvalue weighted by atomic mass is 32.2. The monoisotopic (exact) mass is 437 g/mol. The quantitative estimate of drug-likeness (QED) is 0.453. The number of fused-ring (bicyclic) bond motifs is 1. The van der Waals surface area contributed by atoms with Crippen molar-refractivity contribution in [2.24, 2.45) is 0 Å². The summed E-state index contributed by atoms with van der Waals surface area (Å²) in [5, 5.41) is 4.72. The van der Waals surface area contributed by atoms with Crippen LogP contribution in [0.15, 0.2) is 71.0 Å². The van der Waals surface area contributed by atoms with E-state index in [0.717, 1.165) is 5.56 Å². The van der Waals surface area contributed by atoms with E-state index in [-0.39, 0.29) is 17.2 Å². The summed E-state index contributed by atoms with van der Waals surface area (Å²) in [6, 6.07) is 16.6. The number of thiazole rings is 1. The predicted octanol–water partition coefficient (Wildman–Crippen LogP) is 4.73. The van der Waals surface area contributed by atoms with Gasteiger partial charge in [-0.2, -0.15) is 0 Å². The molecule has 0 saturated carbocycles. The summed E-state index contributed by atoms with van der Waals surface area (Å²) in [7, 11) is 0. The number of nitrogens with zero attached hydrogens (tertiary/aromatic N) is 2. The number of aryl methyl sites for hydroxylation is 1. The Hall–Kier alpha value is -3.10. The second-order valence-electron chi connectivity index (χ2n) is 6.59. The van der Waals surface area contributed by atoms with Gasteiger partial charge in [-0.15, -0.1) is 23.1 Å². The smallest absolute Gasteiger partial charge is 0.258 e. The van der Waals surface area contributed by atoms with Crippen molar-refractivity contribution >= 4 is 39.7 Å². The Morgan fingerprint density at radius 3 is 2.83 bits per heavy atom. The van der Waals surface area contributed by atoms with Gasteiger partial charge in [-0.05, 0) is 31.2 Å². The van der Waals surface area contributed by atoms with Crippen molar-refractivity contribution in [1.29, 1.82) is 0 Å². The number of aromatic nitrogens is 2. The normalized spacial score (nSPS) is 10.8. The molecule has 0 bridgehead atoms. The van der Waals surface area contributed by atoms with Crippen molar-refractivity contribution in [2.75, 3.05) is 11.1 Å². The minimum absolute atomic E-state index is 0.108. The summed E-state index contributed by atoms with van der Waals surface area (Å²) in [4.78, 5) is 29.6. The summed E-state index contributed by atoms with van der Waals surface area (Å²) < 4.78 is 7.43. The number of para-hydroxylation sites is 2. The van der Waals surface area contributed by atoms with Crippen LogP contribution in [-0.2, 0) is 10.5 Å². The number of hydrogen-bond donors (Lipinski definition) is 1. The van der Waals surface area contributed by atoms with Crippen molar-refractivity contribution in [2.45, 2.75) is 12.7 Å². The van der Waals surface area contributed by atoms with E-state index in [1.807, 2.05) is 54.8 Å². The Bertz CT molecular complexity index is 1230. The highest BCUT2D eigenvalue weighted by Crippen LogP contribution is 2.29. The summed E-state index contributed by atoms with van der Waals surface area (Å²) in [6.45, 7) is 2.01. The predicted molar refractivity (Wildman–Crippen MR) is 122 cm³/mol. The lowest BCUT2D eigenvalue weighted by atomic mass is 10.2. The summed E-state index contributed by atoms with van der Waals surface area (Å²) in [5.74, 6) is 1.87. The SMILES string of the molecule is Cc1ccc(Oc2ccccc2NC(=O)CSCc2cc(=O)n3ccsc3n2)cc1. The van der Waals surface area contributed by atoms with E-state index < -0.39 is 0 Å². The van der Waals surface area contributed by atoms with Crippen LogP contribution in [0.25, 0.3) is 4.96 Å². The molecule has 1 amide bonds. The third-order valence-electron chi connectivity index (χ3n) is 4.25. The van der Waals surface area contributed by atoms with Gasteiger partial charge in [0, 0.05) is 23.4 Å². The number of amides is 1. The minimum Gasteiger partial charge on any atom is -0.455 e. The number of ether oxygens (including phenoxy) is 1. The fraction of sp³-hybridized carbons (Fsp3) is 0.136. The minimum atomic E-state index is -0.145. The molecule has 0 unspecified atom stereocenters. The first-order chi connectivity index (χ1) is 14.6. The first kappa shape index (κ1) is 20.2.